The van der Waals surface area contributed by atoms with Crippen LogP contribution in [0, 0.1) is 0 Å². The molecule has 1 amide bonds. The van der Waals surface area contributed by atoms with Gasteiger partial charge in [-0.25, -0.2) is 0 Å². The molecule has 0 heterocycles. The minimum atomic E-state index is -0.325. The van der Waals surface area contributed by atoms with Crippen LogP contribution in [0.4, 0.5) is 0 Å². The van der Waals surface area contributed by atoms with E-state index in [4.69, 9.17) is 34.1 Å². The molecule has 0 aliphatic heterocycles. The van der Waals surface area contributed by atoms with Gasteiger partial charge in [0.2, 0.25) is 0 Å². The van der Waals surface area contributed by atoms with Crippen LogP contribution in [0.15, 0.2) is 23.4 Å². The summed E-state index contributed by atoms with van der Waals surface area (Å²) in [6.45, 7) is 3.65. The fourth-order valence-electron chi connectivity index (χ4n) is 1.52. The van der Waals surface area contributed by atoms with E-state index < -0.39 is 0 Å². The third-order valence-corrected chi connectivity index (χ3v) is 3.35. The van der Waals surface area contributed by atoms with E-state index in [0.717, 1.165) is 0 Å². The summed E-state index contributed by atoms with van der Waals surface area (Å²) >= 11 is 11.9. The van der Waals surface area contributed by atoms with Crippen molar-refractivity contribution in [2.75, 3.05) is 6.54 Å². The van der Waals surface area contributed by atoms with Crippen LogP contribution in [0.1, 0.15) is 24.2 Å². The van der Waals surface area contributed by atoms with E-state index in [2.05, 4.69) is 5.16 Å². The Labute approximate surface area is 121 Å². The van der Waals surface area contributed by atoms with Crippen LogP contribution in [-0.4, -0.2) is 34.4 Å². The fraction of sp³-hybridized carbons (Fsp3) is 0.333. The highest BCUT2D eigenvalue weighted by atomic mass is 35.5. The van der Waals surface area contributed by atoms with Crippen LogP contribution in [0.3, 0.4) is 0 Å². The van der Waals surface area contributed by atoms with E-state index in [9.17, 15) is 4.79 Å². The molecule has 19 heavy (non-hydrogen) atoms. The number of halogens is 2. The first-order valence-electron chi connectivity index (χ1n) is 5.59. The molecule has 1 aromatic rings. The lowest BCUT2D eigenvalue weighted by Crippen LogP contribution is -2.43. The van der Waals surface area contributed by atoms with Crippen LogP contribution in [-0.2, 0) is 0 Å². The van der Waals surface area contributed by atoms with Gasteiger partial charge in [0.05, 0.1) is 22.2 Å². The quantitative estimate of drug-likeness (QED) is 0.388. The molecule has 0 spiro atoms. The molecule has 0 aromatic heterocycles. The summed E-state index contributed by atoms with van der Waals surface area (Å²) in [6, 6.07) is 4.69. The summed E-state index contributed by atoms with van der Waals surface area (Å²) in [7, 11) is 0. The number of amidine groups is 1. The van der Waals surface area contributed by atoms with Crippen molar-refractivity contribution in [3.8, 4) is 0 Å². The molecule has 7 heteroatoms. The van der Waals surface area contributed by atoms with Gasteiger partial charge in [0, 0.05) is 6.04 Å². The highest BCUT2D eigenvalue weighted by Gasteiger charge is 2.22. The van der Waals surface area contributed by atoms with Gasteiger partial charge in [-0.3, -0.25) is 4.79 Å². The number of carbonyl (C=O) groups is 1. The zero-order valence-corrected chi connectivity index (χ0v) is 12.1. The summed E-state index contributed by atoms with van der Waals surface area (Å²) in [5.41, 5.74) is 5.73. The molecule has 0 saturated heterocycles. The topological polar surface area (TPSA) is 78.9 Å². The molecule has 1 aromatic carbocycles. The minimum absolute atomic E-state index is 0.00976. The molecule has 104 valence electrons. The number of benzene rings is 1. The fourth-order valence-corrected chi connectivity index (χ4v) is 1.90. The first kappa shape index (κ1) is 15.6. The molecule has 0 fully saturated rings. The zero-order chi connectivity index (χ0) is 14.6. The molecule has 5 nitrogen and oxygen atoms in total. The Hall–Kier alpha value is -1.46. The summed E-state index contributed by atoms with van der Waals surface area (Å²) < 4.78 is 0. The molecule has 0 saturated carbocycles. The van der Waals surface area contributed by atoms with E-state index >= 15 is 0 Å². The molecular weight excluding hydrogens is 289 g/mol. The molecule has 0 aliphatic rings. The van der Waals surface area contributed by atoms with Gasteiger partial charge in [-0.15, -0.1) is 0 Å². The number of nitrogens with zero attached hydrogens (tertiary/aromatic N) is 2. The van der Waals surface area contributed by atoms with Gasteiger partial charge >= 0.3 is 0 Å². The number of carbonyl (C=O) groups excluding carboxylic acids is 1. The average Bonchev–Trinajstić information content (AvgIpc) is 2.37. The Bertz CT molecular complexity index is 504. The second-order valence-electron chi connectivity index (χ2n) is 4.22. The Morgan fingerprint density at radius 3 is 2.63 bits per heavy atom. The van der Waals surface area contributed by atoms with Crippen molar-refractivity contribution in [2.24, 2.45) is 10.9 Å². The van der Waals surface area contributed by atoms with E-state index in [1.54, 1.807) is 18.2 Å². The van der Waals surface area contributed by atoms with Crippen LogP contribution < -0.4 is 5.73 Å². The normalized spacial score (nSPS) is 11.7. The van der Waals surface area contributed by atoms with Gasteiger partial charge in [-0.2, -0.15) is 0 Å². The zero-order valence-electron chi connectivity index (χ0n) is 10.6. The van der Waals surface area contributed by atoms with Gasteiger partial charge in [0.25, 0.3) is 5.91 Å². The van der Waals surface area contributed by atoms with Gasteiger partial charge in [0.15, 0.2) is 5.84 Å². The van der Waals surface area contributed by atoms with Crippen molar-refractivity contribution in [1.82, 2.24) is 4.90 Å². The first-order chi connectivity index (χ1) is 8.88. The van der Waals surface area contributed by atoms with E-state index in [1.165, 1.54) is 4.90 Å². The van der Waals surface area contributed by atoms with Crippen LogP contribution in [0.25, 0.3) is 0 Å². The minimum Gasteiger partial charge on any atom is -0.409 e. The van der Waals surface area contributed by atoms with Gasteiger partial charge < -0.3 is 15.8 Å². The van der Waals surface area contributed by atoms with Crippen molar-refractivity contribution < 1.29 is 10.0 Å². The number of hydrogen-bond donors (Lipinski definition) is 2. The van der Waals surface area contributed by atoms with E-state index in [0.29, 0.717) is 5.02 Å². The monoisotopic (exact) mass is 303 g/mol. The van der Waals surface area contributed by atoms with Crippen LogP contribution in [0.2, 0.25) is 10.0 Å². The number of amides is 1. The molecule has 0 atom stereocenters. The second-order valence-corrected chi connectivity index (χ2v) is 5.00. The lowest BCUT2D eigenvalue weighted by molar-refractivity contribution is 0.0734. The molecular formula is C12H15Cl2N3O2. The summed E-state index contributed by atoms with van der Waals surface area (Å²) in [5, 5.41) is 12.0. The maximum Gasteiger partial charge on any atom is 0.256 e. The van der Waals surface area contributed by atoms with Crippen LogP contribution >= 0.6 is 23.2 Å². The highest BCUT2D eigenvalue weighted by molar-refractivity contribution is 6.43. The number of oxime groups is 1. The average molecular weight is 304 g/mol. The largest absolute Gasteiger partial charge is 0.409 e. The smallest absolute Gasteiger partial charge is 0.256 e. The van der Waals surface area contributed by atoms with Crippen LogP contribution in [0.5, 0.6) is 0 Å². The molecule has 0 bridgehead atoms. The Morgan fingerprint density at radius 2 is 2.11 bits per heavy atom. The number of rotatable bonds is 4. The Kier molecular flexibility index (Phi) is 5.44. The van der Waals surface area contributed by atoms with Gasteiger partial charge in [-0.1, -0.05) is 34.4 Å². The summed E-state index contributed by atoms with van der Waals surface area (Å²) in [5.74, 6) is -0.380. The van der Waals surface area contributed by atoms with Crippen molar-refractivity contribution in [1.29, 1.82) is 0 Å². The predicted molar refractivity (Wildman–Crippen MR) is 76.0 cm³/mol. The molecule has 0 aliphatic carbocycles. The van der Waals surface area contributed by atoms with Crippen molar-refractivity contribution in [3.63, 3.8) is 0 Å². The molecule has 3 N–H and O–H groups in total. The predicted octanol–water partition coefficient (Wildman–Crippen LogP) is 2.59. The van der Waals surface area contributed by atoms with Gasteiger partial charge in [-0.05, 0) is 26.0 Å². The maximum absolute atomic E-state index is 12.4. The maximum atomic E-state index is 12.4. The molecule has 0 unspecified atom stereocenters. The highest BCUT2D eigenvalue weighted by Crippen LogP contribution is 2.26. The number of nitrogens with two attached hydrogens (primary N) is 1. The standard InChI is InChI=1S/C12H15Cl2N3O2/c1-7(2)17(6-10(15)16-19)12(18)8-4-3-5-9(13)11(8)14/h3-5,7,19H,6H2,1-2H3,(H2,15,16). The first-order valence-corrected chi connectivity index (χ1v) is 6.35. The molecule has 1 rings (SSSR count). The van der Waals surface area contributed by atoms with Crippen molar-refractivity contribution in [3.05, 3.63) is 33.8 Å². The Morgan fingerprint density at radius 1 is 1.47 bits per heavy atom. The van der Waals surface area contributed by atoms with Crippen molar-refractivity contribution in [2.45, 2.75) is 19.9 Å². The summed E-state index contributed by atoms with van der Waals surface area (Å²) in [6.07, 6.45) is 0. The SMILES string of the molecule is CC(C)N(CC(N)=NO)C(=O)c1cccc(Cl)c1Cl. The lowest BCUT2D eigenvalue weighted by atomic mass is 10.1. The second kappa shape index (κ2) is 6.63. The summed E-state index contributed by atoms with van der Waals surface area (Å²) in [4.78, 5) is 13.8. The third kappa shape index (κ3) is 3.75. The van der Waals surface area contributed by atoms with E-state index in [-0.39, 0.29) is 34.9 Å². The van der Waals surface area contributed by atoms with E-state index in [1.807, 2.05) is 13.8 Å². The third-order valence-electron chi connectivity index (χ3n) is 2.53. The van der Waals surface area contributed by atoms with Gasteiger partial charge in [0.1, 0.15) is 0 Å². The lowest BCUT2D eigenvalue weighted by Gasteiger charge is -2.26. The molecule has 0 radical (unpaired) electrons. The number of hydrogen-bond acceptors (Lipinski definition) is 3. The van der Waals surface area contributed by atoms with Crippen molar-refractivity contribution >= 4 is 34.9 Å². The Balaban J connectivity index is 3.10.